The molecule has 0 radical (unpaired) electrons. The van der Waals surface area contributed by atoms with Gasteiger partial charge in [0, 0.05) is 12.6 Å². The van der Waals surface area contributed by atoms with Gasteiger partial charge in [-0.15, -0.1) is 0 Å². The van der Waals surface area contributed by atoms with Gasteiger partial charge in [-0.2, -0.15) is 0 Å². The number of carbonyl (C=O) groups is 1. The SMILES string of the molecule is Cc1nc2ccccn2c1COC(=O)CC1CCCCC1. The molecule has 0 aromatic carbocycles. The molecule has 0 amide bonds. The fourth-order valence-electron chi connectivity index (χ4n) is 3.17. The van der Waals surface area contributed by atoms with Gasteiger partial charge in [0.2, 0.25) is 0 Å². The second kappa shape index (κ2) is 6.29. The molecule has 0 aliphatic heterocycles. The third-order valence-corrected chi connectivity index (χ3v) is 4.38. The Morgan fingerprint density at radius 1 is 1.33 bits per heavy atom. The van der Waals surface area contributed by atoms with Crippen molar-refractivity contribution in [1.82, 2.24) is 9.38 Å². The summed E-state index contributed by atoms with van der Waals surface area (Å²) in [4.78, 5) is 16.5. The van der Waals surface area contributed by atoms with Crippen molar-refractivity contribution in [3.05, 3.63) is 35.8 Å². The molecule has 0 N–H and O–H groups in total. The fourth-order valence-corrected chi connectivity index (χ4v) is 3.17. The van der Waals surface area contributed by atoms with E-state index in [-0.39, 0.29) is 5.97 Å². The summed E-state index contributed by atoms with van der Waals surface area (Å²) >= 11 is 0. The van der Waals surface area contributed by atoms with Crippen molar-refractivity contribution in [3.8, 4) is 0 Å². The Bertz CT molecular complexity index is 627. The Morgan fingerprint density at radius 2 is 2.14 bits per heavy atom. The van der Waals surface area contributed by atoms with E-state index in [0.717, 1.165) is 17.0 Å². The highest BCUT2D eigenvalue weighted by atomic mass is 16.5. The van der Waals surface area contributed by atoms with Crippen molar-refractivity contribution in [3.63, 3.8) is 0 Å². The van der Waals surface area contributed by atoms with Crippen LogP contribution in [0.4, 0.5) is 0 Å². The molecule has 0 spiro atoms. The van der Waals surface area contributed by atoms with Crippen molar-refractivity contribution >= 4 is 11.6 Å². The molecule has 1 aliphatic carbocycles. The summed E-state index contributed by atoms with van der Waals surface area (Å²) in [5, 5.41) is 0. The van der Waals surface area contributed by atoms with E-state index in [1.54, 1.807) is 0 Å². The minimum Gasteiger partial charge on any atom is -0.459 e. The van der Waals surface area contributed by atoms with Gasteiger partial charge in [0.05, 0.1) is 11.4 Å². The lowest BCUT2D eigenvalue weighted by Crippen LogP contribution is -2.14. The molecule has 1 aliphatic rings. The van der Waals surface area contributed by atoms with E-state index in [0.29, 0.717) is 18.9 Å². The molecular weight excluding hydrogens is 264 g/mol. The molecule has 0 atom stereocenters. The maximum absolute atomic E-state index is 12.0. The van der Waals surface area contributed by atoms with Crippen LogP contribution in [0.2, 0.25) is 0 Å². The molecule has 0 bridgehead atoms. The van der Waals surface area contributed by atoms with E-state index in [1.165, 1.54) is 32.1 Å². The van der Waals surface area contributed by atoms with Crippen LogP contribution in [0.1, 0.15) is 49.9 Å². The minimum absolute atomic E-state index is 0.0767. The monoisotopic (exact) mass is 286 g/mol. The number of aryl methyl sites for hydroxylation is 1. The lowest BCUT2D eigenvalue weighted by atomic mass is 9.87. The summed E-state index contributed by atoms with van der Waals surface area (Å²) in [5.74, 6) is 0.446. The molecule has 4 heteroatoms. The Morgan fingerprint density at radius 3 is 2.95 bits per heavy atom. The van der Waals surface area contributed by atoms with Gasteiger partial charge < -0.3 is 9.14 Å². The van der Waals surface area contributed by atoms with E-state index in [2.05, 4.69) is 4.98 Å². The molecular formula is C17H22N2O2. The van der Waals surface area contributed by atoms with E-state index in [4.69, 9.17) is 4.74 Å². The summed E-state index contributed by atoms with van der Waals surface area (Å²) < 4.78 is 7.47. The molecule has 0 saturated heterocycles. The zero-order valence-corrected chi connectivity index (χ0v) is 12.5. The number of nitrogens with zero attached hydrogens (tertiary/aromatic N) is 2. The predicted octanol–water partition coefficient (Wildman–Crippen LogP) is 3.66. The predicted molar refractivity (Wildman–Crippen MR) is 80.9 cm³/mol. The van der Waals surface area contributed by atoms with Crippen molar-refractivity contribution < 1.29 is 9.53 Å². The summed E-state index contributed by atoms with van der Waals surface area (Å²) in [6.07, 6.45) is 8.68. The Kier molecular flexibility index (Phi) is 4.23. The first kappa shape index (κ1) is 14.1. The Balaban J connectivity index is 1.60. The molecule has 3 rings (SSSR count). The first-order chi connectivity index (χ1) is 10.2. The molecule has 112 valence electrons. The normalized spacial score (nSPS) is 16.2. The summed E-state index contributed by atoms with van der Waals surface area (Å²) in [7, 11) is 0. The summed E-state index contributed by atoms with van der Waals surface area (Å²) in [6, 6.07) is 5.88. The highest BCUT2D eigenvalue weighted by molar-refractivity contribution is 5.69. The number of hydrogen-bond donors (Lipinski definition) is 0. The van der Waals surface area contributed by atoms with Gasteiger partial charge in [-0.25, -0.2) is 4.98 Å². The van der Waals surface area contributed by atoms with Gasteiger partial charge in [0.1, 0.15) is 12.3 Å². The fraction of sp³-hybridized carbons (Fsp3) is 0.529. The second-order valence-electron chi connectivity index (χ2n) is 5.94. The van der Waals surface area contributed by atoms with E-state index in [9.17, 15) is 4.79 Å². The van der Waals surface area contributed by atoms with E-state index >= 15 is 0 Å². The van der Waals surface area contributed by atoms with Gasteiger partial charge in [0.25, 0.3) is 0 Å². The molecule has 2 aromatic rings. The van der Waals surface area contributed by atoms with Crippen LogP contribution in [0.25, 0.3) is 5.65 Å². The largest absolute Gasteiger partial charge is 0.459 e. The number of rotatable bonds is 4. The minimum atomic E-state index is -0.0767. The number of hydrogen-bond acceptors (Lipinski definition) is 3. The van der Waals surface area contributed by atoms with E-state index < -0.39 is 0 Å². The van der Waals surface area contributed by atoms with Crippen molar-refractivity contribution in [2.45, 2.75) is 52.1 Å². The third-order valence-electron chi connectivity index (χ3n) is 4.38. The van der Waals surface area contributed by atoms with Gasteiger partial charge >= 0.3 is 5.97 Å². The van der Waals surface area contributed by atoms with Crippen molar-refractivity contribution in [2.24, 2.45) is 5.92 Å². The second-order valence-corrected chi connectivity index (χ2v) is 5.94. The van der Waals surface area contributed by atoms with Crippen LogP contribution in [-0.2, 0) is 16.1 Å². The summed E-state index contributed by atoms with van der Waals surface area (Å²) in [6.45, 7) is 2.26. The molecule has 2 heterocycles. The lowest BCUT2D eigenvalue weighted by Gasteiger charge is -2.20. The first-order valence-corrected chi connectivity index (χ1v) is 7.82. The smallest absolute Gasteiger partial charge is 0.306 e. The third kappa shape index (κ3) is 3.26. The van der Waals surface area contributed by atoms with Crippen molar-refractivity contribution in [1.29, 1.82) is 0 Å². The standard InChI is InChI=1S/C17H22N2O2/c1-13-15(19-10-6-5-9-16(19)18-13)12-21-17(20)11-14-7-3-2-4-8-14/h5-6,9-10,14H,2-4,7-8,11-12H2,1H3. The van der Waals surface area contributed by atoms with Gasteiger partial charge in [-0.05, 0) is 37.8 Å². The topological polar surface area (TPSA) is 43.6 Å². The molecule has 1 fully saturated rings. The van der Waals surface area contributed by atoms with Crippen LogP contribution in [0.5, 0.6) is 0 Å². The average Bonchev–Trinajstić information content (AvgIpc) is 2.81. The Hall–Kier alpha value is -1.84. The number of aromatic nitrogens is 2. The molecule has 1 saturated carbocycles. The van der Waals surface area contributed by atoms with Gasteiger partial charge in [0.15, 0.2) is 0 Å². The van der Waals surface area contributed by atoms with Crippen molar-refractivity contribution in [2.75, 3.05) is 0 Å². The number of fused-ring (bicyclic) bond motifs is 1. The molecule has 0 unspecified atom stereocenters. The number of ether oxygens (including phenoxy) is 1. The number of imidazole rings is 1. The van der Waals surface area contributed by atoms with Crippen LogP contribution < -0.4 is 0 Å². The highest BCUT2D eigenvalue weighted by Gasteiger charge is 2.18. The highest BCUT2D eigenvalue weighted by Crippen LogP contribution is 2.26. The van der Waals surface area contributed by atoms with Crippen LogP contribution in [0, 0.1) is 12.8 Å². The number of esters is 1. The maximum atomic E-state index is 12.0. The zero-order chi connectivity index (χ0) is 14.7. The van der Waals surface area contributed by atoms with Crippen LogP contribution in [0.15, 0.2) is 24.4 Å². The zero-order valence-electron chi connectivity index (χ0n) is 12.5. The molecule has 4 nitrogen and oxygen atoms in total. The molecule has 21 heavy (non-hydrogen) atoms. The average molecular weight is 286 g/mol. The van der Waals surface area contributed by atoms with Crippen LogP contribution in [0.3, 0.4) is 0 Å². The number of pyridine rings is 1. The lowest BCUT2D eigenvalue weighted by molar-refractivity contribution is -0.146. The van der Waals surface area contributed by atoms with Gasteiger partial charge in [-0.3, -0.25) is 4.79 Å². The summed E-state index contributed by atoms with van der Waals surface area (Å²) in [5.41, 5.74) is 2.78. The quantitative estimate of drug-likeness (QED) is 0.806. The number of carbonyl (C=O) groups excluding carboxylic acids is 1. The van der Waals surface area contributed by atoms with Gasteiger partial charge in [-0.1, -0.05) is 25.3 Å². The van der Waals surface area contributed by atoms with Crippen LogP contribution in [-0.4, -0.2) is 15.4 Å². The maximum Gasteiger partial charge on any atom is 0.306 e. The first-order valence-electron chi connectivity index (χ1n) is 7.82. The van der Waals surface area contributed by atoms with Crippen LogP contribution >= 0.6 is 0 Å². The Labute approximate surface area is 125 Å². The van der Waals surface area contributed by atoms with E-state index in [1.807, 2.05) is 35.7 Å². The molecule has 2 aromatic heterocycles.